The lowest BCUT2D eigenvalue weighted by atomic mass is 10.1. The lowest BCUT2D eigenvalue weighted by Gasteiger charge is -2.23. The number of nitrogens with zero attached hydrogens (tertiary/aromatic N) is 3. The van der Waals surface area contributed by atoms with Gasteiger partial charge in [-0.3, -0.25) is 4.79 Å². The maximum Gasteiger partial charge on any atom is 0.313 e. The van der Waals surface area contributed by atoms with E-state index >= 15 is 0 Å². The fourth-order valence-corrected chi connectivity index (χ4v) is 2.91. The number of hydrogen-bond donors (Lipinski definition) is 2. The minimum atomic E-state index is -0.897. The van der Waals surface area contributed by atoms with Crippen LogP contribution in [0.25, 0.3) is 0 Å². The van der Waals surface area contributed by atoms with Crippen LogP contribution in [-0.4, -0.2) is 49.4 Å². The second-order valence-corrected chi connectivity index (χ2v) is 5.61. The van der Waals surface area contributed by atoms with Gasteiger partial charge in [-0.05, 0) is 25.7 Å². The molecule has 0 aliphatic carbocycles. The number of ether oxygens (including phenoxy) is 1. The Morgan fingerprint density at radius 1 is 1.45 bits per heavy atom. The van der Waals surface area contributed by atoms with Crippen LogP contribution in [0.15, 0.2) is 5.16 Å². The summed E-state index contributed by atoms with van der Waals surface area (Å²) >= 11 is 1.12. The number of hydrogen-bond acceptors (Lipinski definition) is 6. The van der Waals surface area contributed by atoms with Crippen molar-refractivity contribution in [3.05, 3.63) is 5.82 Å². The molecule has 0 saturated carbocycles. The molecule has 0 spiro atoms. The molecule has 112 valence electrons. The van der Waals surface area contributed by atoms with Crippen molar-refractivity contribution in [1.29, 1.82) is 0 Å². The molecule has 1 aromatic heterocycles. The summed E-state index contributed by atoms with van der Waals surface area (Å²) in [7, 11) is 0. The van der Waals surface area contributed by atoms with Crippen LogP contribution in [-0.2, 0) is 22.7 Å². The Bertz CT molecular complexity index is 446. The third-order valence-corrected chi connectivity index (χ3v) is 4.16. The molecule has 8 heteroatoms. The van der Waals surface area contributed by atoms with E-state index in [1.165, 1.54) is 6.42 Å². The minimum absolute atomic E-state index is 0.0660. The monoisotopic (exact) mass is 301 g/mol. The van der Waals surface area contributed by atoms with E-state index in [1.54, 1.807) is 4.57 Å². The summed E-state index contributed by atoms with van der Waals surface area (Å²) in [5.41, 5.74) is 0. The maximum atomic E-state index is 10.6. The topological polar surface area (TPSA) is 97.5 Å². The van der Waals surface area contributed by atoms with Gasteiger partial charge in [0.05, 0.1) is 11.9 Å². The van der Waals surface area contributed by atoms with E-state index in [2.05, 4.69) is 10.2 Å². The number of aliphatic hydroxyl groups excluding tert-OH is 1. The Balaban J connectivity index is 1.96. The average Bonchev–Trinajstić information content (AvgIpc) is 2.86. The highest BCUT2D eigenvalue weighted by Gasteiger charge is 2.17. The zero-order chi connectivity index (χ0) is 14.4. The molecule has 0 aromatic carbocycles. The predicted molar refractivity (Wildman–Crippen MR) is 72.5 cm³/mol. The highest BCUT2D eigenvalue weighted by molar-refractivity contribution is 7.99. The molecule has 2 N–H and O–H groups in total. The van der Waals surface area contributed by atoms with Gasteiger partial charge in [-0.2, -0.15) is 0 Å². The third kappa shape index (κ3) is 4.19. The number of aliphatic hydroxyl groups is 1. The predicted octanol–water partition coefficient (Wildman–Crippen LogP) is 0.906. The van der Waals surface area contributed by atoms with E-state index in [0.29, 0.717) is 17.5 Å². The van der Waals surface area contributed by atoms with Crippen LogP contribution < -0.4 is 0 Å². The molecule has 0 amide bonds. The molecule has 2 rings (SSSR count). The van der Waals surface area contributed by atoms with E-state index in [4.69, 9.17) is 9.84 Å². The molecule has 1 saturated heterocycles. The van der Waals surface area contributed by atoms with Gasteiger partial charge in [0.1, 0.15) is 6.61 Å². The second-order valence-electron chi connectivity index (χ2n) is 4.67. The number of aromatic nitrogens is 3. The lowest BCUT2D eigenvalue weighted by Crippen LogP contribution is -2.21. The summed E-state index contributed by atoms with van der Waals surface area (Å²) in [6.45, 7) is 1.24. The van der Waals surface area contributed by atoms with Crippen LogP contribution in [0.1, 0.15) is 31.5 Å². The standard InChI is InChI=1S/C12H19N3O4S/c16-7-10-13-14-12(20-8-11(17)18)15(10)5-4-9-3-1-2-6-19-9/h9,16H,1-8H2,(H,17,18). The molecule has 20 heavy (non-hydrogen) atoms. The highest BCUT2D eigenvalue weighted by atomic mass is 32.2. The van der Waals surface area contributed by atoms with Gasteiger partial charge in [0.2, 0.25) is 0 Å². The summed E-state index contributed by atoms with van der Waals surface area (Å²) in [4.78, 5) is 10.6. The Labute approximate surface area is 121 Å². The van der Waals surface area contributed by atoms with Crippen molar-refractivity contribution in [2.45, 2.75) is 50.1 Å². The van der Waals surface area contributed by atoms with Crippen molar-refractivity contribution in [1.82, 2.24) is 14.8 Å². The van der Waals surface area contributed by atoms with Crippen LogP contribution in [0, 0.1) is 0 Å². The van der Waals surface area contributed by atoms with Gasteiger partial charge < -0.3 is 19.5 Å². The quantitative estimate of drug-likeness (QED) is 0.722. The second kappa shape index (κ2) is 7.61. The fraction of sp³-hybridized carbons (Fsp3) is 0.750. The van der Waals surface area contributed by atoms with Crippen molar-refractivity contribution in [3.63, 3.8) is 0 Å². The summed E-state index contributed by atoms with van der Waals surface area (Å²) in [6.07, 6.45) is 4.40. The molecule has 1 unspecified atom stereocenters. The SMILES string of the molecule is O=C(O)CSc1nnc(CO)n1CCC1CCCCO1. The van der Waals surface area contributed by atoms with E-state index in [1.807, 2.05) is 0 Å². The molecule has 1 fully saturated rings. The van der Waals surface area contributed by atoms with Crippen LogP contribution in [0.2, 0.25) is 0 Å². The van der Waals surface area contributed by atoms with Gasteiger partial charge >= 0.3 is 5.97 Å². The van der Waals surface area contributed by atoms with Crippen molar-refractivity contribution >= 4 is 17.7 Å². The lowest BCUT2D eigenvalue weighted by molar-refractivity contribution is -0.133. The fourth-order valence-electron chi connectivity index (χ4n) is 2.20. The summed E-state index contributed by atoms with van der Waals surface area (Å²) < 4.78 is 7.45. The maximum absolute atomic E-state index is 10.6. The zero-order valence-electron chi connectivity index (χ0n) is 11.2. The van der Waals surface area contributed by atoms with E-state index in [9.17, 15) is 9.90 Å². The van der Waals surface area contributed by atoms with Gasteiger partial charge in [0, 0.05) is 13.2 Å². The first kappa shape index (κ1) is 15.3. The Morgan fingerprint density at radius 3 is 2.95 bits per heavy atom. The number of rotatable bonds is 7. The average molecular weight is 301 g/mol. The normalized spacial score (nSPS) is 19.1. The van der Waals surface area contributed by atoms with Gasteiger partial charge in [-0.1, -0.05) is 11.8 Å². The van der Waals surface area contributed by atoms with Crippen LogP contribution in [0.5, 0.6) is 0 Å². The van der Waals surface area contributed by atoms with Gasteiger partial charge in [-0.15, -0.1) is 10.2 Å². The first-order chi connectivity index (χ1) is 9.70. The summed E-state index contributed by atoms with van der Waals surface area (Å²) in [5, 5.41) is 26.3. The van der Waals surface area contributed by atoms with Crippen molar-refractivity contribution < 1.29 is 19.7 Å². The van der Waals surface area contributed by atoms with Gasteiger partial charge in [0.15, 0.2) is 11.0 Å². The van der Waals surface area contributed by atoms with Crippen molar-refractivity contribution in [2.75, 3.05) is 12.4 Å². The first-order valence-electron chi connectivity index (χ1n) is 6.70. The summed E-state index contributed by atoms with van der Waals surface area (Å²) in [5.74, 6) is -0.497. The number of thioether (sulfide) groups is 1. The molecule has 0 radical (unpaired) electrons. The molecule has 1 aromatic rings. The number of carboxylic acid groups (broad SMARTS) is 1. The minimum Gasteiger partial charge on any atom is -0.481 e. The molecule has 7 nitrogen and oxygen atoms in total. The molecule has 0 bridgehead atoms. The summed E-state index contributed by atoms with van der Waals surface area (Å²) in [6, 6.07) is 0. The smallest absolute Gasteiger partial charge is 0.313 e. The number of aliphatic carboxylic acids is 1. The van der Waals surface area contributed by atoms with Crippen LogP contribution >= 0.6 is 11.8 Å². The Kier molecular flexibility index (Phi) is 5.81. The number of carboxylic acids is 1. The van der Waals surface area contributed by atoms with E-state index in [0.717, 1.165) is 37.6 Å². The highest BCUT2D eigenvalue weighted by Crippen LogP contribution is 2.20. The van der Waals surface area contributed by atoms with Crippen molar-refractivity contribution in [3.8, 4) is 0 Å². The van der Waals surface area contributed by atoms with Crippen LogP contribution in [0.4, 0.5) is 0 Å². The van der Waals surface area contributed by atoms with Gasteiger partial charge in [0.25, 0.3) is 0 Å². The molecular weight excluding hydrogens is 282 g/mol. The molecule has 1 aliphatic heterocycles. The van der Waals surface area contributed by atoms with Crippen LogP contribution in [0.3, 0.4) is 0 Å². The number of carbonyl (C=O) groups is 1. The Morgan fingerprint density at radius 2 is 2.30 bits per heavy atom. The molecule has 2 heterocycles. The largest absolute Gasteiger partial charge is 0.481 e. The first-order valence-corrected chi connectivity index (χ1v) is 7.68. The third-order valence-electron chi connectivity index (χ3n) is 3.21. The molecule has 1 atom stereocenters. The zero-order valence-corrected chi connectivity index (χ0v) is 12.0. The molecule has 1 aliphatic rings. The van der Waals surface area contributed by atoms with E-state index < -0.39 is 5.97 Å². The van der Waals surface area contributed by atoms with Gasteiger partial charge in [-0.25, -0.2) is 0 Å². The Hall–Kier alpha value is -1.12. The van der Waals surface area contributed by atoms with Crippen molar-refractivity contribution in [2.24, 2.45) is 0 Å². The van der Waals surface area contributed by atoms with E-state index in [-0.39, 0.29) is 18.5 Å². The molecular formula is C12H19N3O4S.